The van der Waals surface area contributed by atoms with Gasteiger partial charge in [0, 0.05) is 12.4 Å². The zero-order valence-corrected chi connectivity index (χ0v) is 8.40. The minimum absolute atomic E-state index is 0.0655. The first-order chi connectivity index (χ1) is 8.27. The van der Waals surface area contributed by atoms with Gasteiger partial charge >= 0.3 is 0 Å². The number of pyridine rings is 1. The van der Waals surface area contributed by atoms with Crippen LogP contribution in [0.3, 0.4) is 0 Å². The maximum atomic E-state index is 12.1. The van der Waals surface area contributed by atoms with Crippen LogP contribution in [-0.2, 0) is 0 Å². The molecule has 0 aromatic carbocycles. The molecule has 0 aliphatic heterocycles. The second kappa shape index (κ2) is 3.37. The van der Waals surface area contributed by atoms with Crippen LogP contribution in [0.15, 0.2) is 29.3 Å². The third kappa shape index (κ3) is 1.34. The van der Waals surface area contributed by atoms with Crippen LogP contribution in [0.2, 0.25) is 0 Å². The van der Waals surface area contributed by atoms with Crippen molar-refractivity contribution in [2.45, 2.75) is 0 Å². The number of aromatic nitrogens is 6. The number of rotatable bonds is 1. The van der Waals surface area contributed by atoms with Crippen LogP contribution in [0.4, 0.5) is 0 Å². The maximum absolute atomic E-state index is 12.1. The van der Waals surface area contributed by atoms with Gasteiger partial charge < -0.3 is 5.11 Å². The standard InChI is InChI=1S/C9H6N6O2/c16-6-2-1-3-15-8(6)10-4-5(9(15)17)7-11-13-14-12-7/h1-4,16H,(H,11,12,13,14). The molecule has 0 saturated heterocycles. The Morgan fingerprint density at radius 1 is 1.41 bits per heavy atom. The topological polar surface area (TPSA) is 109 Å². The SMILES string of the molecule is O=c1c(-c2nn[nH]n2)cnc2c(O)cccn12. The number of nitrogens with zero attached hydrogens (tertiary/aromatic N) is 5. The molecule has 3 aromatic heterocycles. The Labute approximate surface area is 93.6 Å². The van der Waals surface area contributed by atoms with E-state index in [-0.39, 0.29) is 28.3 Å². The first-order valence-electron chi connectivity index (χ1n) is 4.70. The first-order valence-corrected chi connectivity index (χ1v) is 4.70. The van der Waals surface area contributed by atoms with Crippen molar-refractivity contribution >= 4 is 5.65 Å². The highest BCUT2D eigenvalue weighted by atomic mass is 16.3. The molecule has 17 heavy (non-hydrogen) atoms. The summed E-state index contributed by atoms with van der Waals surface area (Å²) in [5.74, 6) is 0.101. The highest BCUT2D eigenvalue weighted by Gasteiger charge is 2.12. The molecular formula is C9H6N6O2. The molecule has 8 heteroatoms. The molecule has 0 saturated carbocycles. The lowest BCUT2D eigenvalue weighted by Crippen LogP contribution is -2.17. The second-order valence-corrected chi connectivity index (χ2v) is 3.30. The third-order valence-corrected chi connectivity index (χ3v) is 2.30. The molecule has 0 unspecified atom stereocenters. The summed E-state index contributed by atoms with van der Waals surface area (Å²) in [5.41, 5.74) is 0.0268. The Hall–Kier alpha value is -2.77. The van der Waals surface area contributed by atoms with Gasteiger partial charge in [-0.1, -0.05) is 0 Å². The van der Waals surface area contributed by atoms with Gasteiger partial charge in [-0.2, -0.15) is 5.21 Å². The van der Waals surface area contributed by atoms with Crippen LogP contribution in [0, 0.1) is 0 Å². The zero-order chi connectivity index (χ0) is 11.8. The molecule has 2 N–H and O–H groups in total. The molecule has 0 aliphatic carbocycles. The van der Waals surface area contributed by atoms with Crippen LogP contribution in [0.1, 0.15) is 0 Å². The van der Waals surface area contributed by atoms with Gasteiger partial charge in [-0.05, 0) is 17.3 Å². The molecule has 0 atom stereocenters. The molecule has 3 aromatic rings. The van der Waals surface area contributed by atoms with Gasteiger partial charge in [-0.25, -0.2) is 4.98 Å². The summed E-state index contributed by atoms with van der Waals surface area (Å²) in [5, 5.41) is 22.6. The predicted octanol–water partition coefficient (Wildman–Crippen LogP) is -0.420. The fraction of sp³-hybridized carbons (Fsp3) is 0. The summed E-state index contributed by atoms with van der Waals surface area (Å²) in [4.78, 5) is 16.1. The lowest BCUT2D eigenvalue weighted by Gasteiger charge is -2.02. The van der Waals surface area contributed by atoms with Crippen molar-refractivity contribution in [1.29, 1.82) is 0 Å². The Balaban J connectivity index is 2.38. The Morgan fingerprint density at radius 2 is 2.29 bits per heavy atom. The van der Waals surface area contributed by atoms with Crippen molar-refractivity contribution in [3.8, 4) is 17.1 Å². The molecule has 0 radical (unpaired) electrons. The molecule has 3 rings (SSSR count). The quantitative estimate of drug-likeness (QED) is 0.587. The Bertz CT molecular complexity index is 733. The minimum atomic E-state index is -0.368. The largest absolute Gasteiger partial charge is 0.504 e. The van der Waals surface area contributed by atoms with E-state index in [0.717, 1.165) is 0 Å². The number of fused-ring (bicyclic) bond motifs is 1. The van der Waals surface area contributed by atoms with E-state index in [0.29, 0.717) is 0 Å². The van der Waals surface area contributed by atoms with Crippen molar-refractivity contribution in [2.75, 3.05) is 0 Å². The fourth-order valence-electron chi connectivity index (χ4n) is 1.52. The molecule has 3 heterocycles. The van der Waals surface area contributed by atoms with Crippen LogP contribution in [0.5, 0.6) is 5.75 Å². The van der Waals surface area contributed by atoms with E-state index in [1.807, 2.05) is 0 Å². The van der Waals surface area contributed by atoms with Gasteiger partial charge in [0.05, 0.1) is 0 Å². The number of aromatic hydroxyl groups is 1. The van der Waals surface area contributed by atoms with Gasteiger partial charge in [0.1, 0.15) is 5.56 Å². The van der Waals surface area contributed by atoms with Crippen LogP contribution < -0.4 is 5.56 Å². The number of aromatic amines is 1. The number of H-pyrrole nitrogens is 1. The van der Waals surface area contributed by atoms with E-state index in [9.17, 15) is 9.90 Å². The summed E-state index contributed by atoms with van der Waals surface area (Å²) < 4.78 is 1.22. The predicted molar refractivity (Wildman–Crippen MR) is 56.3 cm³/mol. The van der Waals surface area contributed by atoms with Crippen molar-refractivity contribution in [2.24, 2.45) is 0 Å². The third-order valence-electron chi connectivity index (χ3n) is 2.30. The molecule has 8 nitrogen and oxygen atoms in total. The number of hydrogen-bond acceptors (Lipinski definition) is 6. The van der Waals surface area contributed by atoms with Crippen LogP contribution >= 0.6 is 0 Å². The molecule has 84 valence electrons. The molecule has 0 bridgehead atoms. The molecule has 0 aliphatic rings. The number of hydrogen-bond donors (Lipinski definition) is 2. The van der Waals surface area contributed by atoms with Gasteiger partial charge in [-0.3, -0.25) is 9.20 Å². The van der Waals surface area contributed by atoms with E-state index >= 15 is 0 Å². The lowest BCUT2D eigenvalue weighted by atomic mass is 10.3. The van der Waals surface area contributed by atoms with Crippen LogP contribution in [-0.4, -0.2) is 35.1 Å². The smallest absolute Gasteiger partial charge is 0.269 e. The minimum Gasteiger partial charge on any atom is -0.504 e. The van der Waals surface area contributed by atoms with Gasteiger partial charge in [-0.15, -0.1) is 10.2 Å². The fourth-order valence-corrected chi connectivity index (χ4v) is 1.52. The average molecular weight is 230 g/mol. The highest BCUT2D eigenvalue weighted by molar-refractivity contribution is 5.58. The summed E-state index contributed by atoms with van der Waals surface area (Å²) in [6, 6.07) is 3.00. The van der Waals surface area contributed by atoms with Gasteiger partial charge in [0.2, 0.25) is 5.82 Å². The van der Waals surface area contributed by atoms with E-state index in [2.05, 4.69) is 25.6 Å². The molecular weight excluding hydrogens is 224 g/mol. The summed E-state index contributed by atoms with van der Waals surface area (Å²) >= 11 is 0. The normalized spacial score (nSPS) is 10.8. The Morgan fingerprint density at radius 3 is 3.06 bits per heavy atom. The van der Waals surface area contributed by atoms with Crippen molar-refractivity contribution in [1.82, 2.24) is 30.0 Å². The van der Waals surface area contributed by atoms with Crippen LogP contribution in [0.25, 0.3) is 17.0 Å². The lowest BCUT2D eigenvalue weighted by molar-refractivity contribution is 0.476. The number of nitrogens with one attached hydrogen (secondary N) is 1. The van der Waals surface area contributed by atoms with E-state index < -0.39 is 0 Å². The number of tetrazole rings is 1. The van der Waals surface area contributed by atoms with E-state index in [1.165, 1.54) is 22.9 Å². The second-order valence-electron chi connectivity index (χ2n) is 3.30. The van der Waals surface area contributed by atoms with Crippen molar-refractivity contribution in [3.05, 3.63) is 34.9 Å². The summed E-state index contributed by atoms with van der Waals surface area (Å²) in [6.45, 7) is 0. The highest BCUT2D eigenvalue weighted by Crippen LogP contribution is 2.15. The summed E-state index contributed by atoms with van der Waals surface area (Å²) in [7, 11) is 0. The van der Waals surface area contributed by atoms with Crippen molar-refractivity contribution < 1.29 is 5.11 Å². The van der Waals surface area contributed by atoms with Gasteiger partial charge in [0.15, 0.2) is 11.4 Å². The van der Waals surface area contributed by atoms with Gasteiger partial charge in [0.25, 0.3) is 5.56 Å². The monoisotopic (exact) mass is 230 g/mol. The maximum Gasteiger partial charge on any atom is 0.269 e. The van der Waals surface area contributed by atoms with Crippen molar-refractivity contribution in [3.63, 3.8) is 0 Å². The summed E-state index contributed by atoms with van der Waals surface area (Å²) in [6.07, 6.45) is 2.82. The molecule has 0 spiro atoms. The molecule has 0 fully saturated rings. The van der Waals surface area contributed by atoms with E-state index in [1.54, 1.807) is 6.07 Å². The Kier molecular flexibility index (Phi) is 1.87. The molecule has 0 amide bonds. The average Bonchev–Trinajstić information content (AvgIpc) is 2.84. The zero-order valence-electron chi connectivity index (χ0n) is 8.40. The van der Waals surface area contributed by atoms with E-state index in [4.69, 9.17) is 0 Å². The first kappa shape index (κ1) is 9.46.